The Balaban J connectivity index is 2.25. The number of hydrogen-bond donors (Lipinski definition) is 1. The molecule has 0 aliphatic rings. The minimum Gasteiger partial charge on any atom is -0.326 e. The van der Waals surface area contributed by atoms with Gasteiger partial charge in [0.05, 0.1) is 5.69 Å². The van der Waals surface area contributed by atoms with Crippen LogP contribution in [0.15, 0.2) is 30.5 Å². The zero-order valence-electron chi connectivity index (χ0n) is 12.8. The second-order valence-corrected chi connectivity index (χ2v) is 6.17. The van der Waals surface area contributed by atoms with Gasteiger partial charge in [-0.3, -0.25) is 0 Å². The maximum Gasteiger partial charge on any atom is 0.129 e. The third-order valence-electron chi connectivity index (χ3n) is 3.36. The molecule has 2 aromatic rings. The average Bonchev–Trinajstić information content (AvgIpc) is 2.36. The van der Waals surface area contributed by atoms with E-state index in [9.17, 15) is 0 Å². The Bertz CT molecular complexity index is 597. The van der Waals surface area contributed by atoms with Gasteiger partial charge in [-0.25, -0.2) is 9.97 Å². The van der Waals surface area contributed by atoms with Crippen molar-refractivity contribution in [1.82, 2.24) is 9.97 Å². The van der Waals surface area contributed by atoms with Crippen LogP contribution in [0.25, 0.3) is 11.3 Å². The van der Waals surface area contributed by atoms with Crippen LogP contribution in [-0.4, -0.2) is 15.5 Å². The average molecular weight is 269 g/mol. The quantitative estimate of drug-likeness (QED) is 0.925. The summed E-state index contributed by atoms with van der Waals surface area (Å²) in [4.78, 5) is 9.02. The van der Waals surface area contributed by atoms with E-state index in [0.29, 0.717) is 0 Å². The van der Waals surface area contributed by atoms with Crippen molar-refractivity contribution in [1.29, 1.82) is 0 Å². The minimum atomic E-state index is -0.181. The van der Waals surface area contributed by atoms with Crippen molar-refractivity contribution < 1.29 is 0 Å². The van der Waals surface area contributed by atoms with Gasteiger partial charge in [-0.05, 0) is 45.7 Å². The summed E-state index contributed by atoms with van der Waals surface area (Å²) in [7, 11) is 0. The van der Waals surface area contributed by atoms with E-state index >= 15 is 0 Å². The Morgan fingerprint density at radius 1 is 1.15 bits per heavy atom. The number of hydrogen-bond acceptors (Lipinski definition) is 3. The van der Waals surface area contributed by atoms with Crippen molar-refractivity contribution in [3.8, 4) is 11.3 Å². The molecule has 1 aromatic heterocycles. The van der Waals surface area contributed by atoms with Crippen molar-refractivity contribution in [3.63, 3.8) is 0 Å². The van der Waals surface area contributed by atoms with Crippen molar-refractivity contribution in [2.75, 3.05) is 0 Å². The lowest BCUT2D eigenvalue weighted by Crippen LogP contribution is -2.32. The molecule has 2 rings (SSSR count). The number of nitrogens with two attached hydrogens (primary N) is 1. The summed E-state index contributed by atoms with van der Waals surface area (Å²) < 4.78 is 0. The molecule has 0 amide bonds. The van der Waals surface area contributed by atoms with E-state index in [0.717, 1.165) is 24.4 Å². The second kappa shape index (κ2) is 5.71. The maximum absolute atomic E-state index is 6.02. The van der Waals surface area contributed by atoms with Crippen LogP contribution >= 0.6 is 0 Å². The van der Waals surface area contributed by atoms with E-state index in [1.54, 1.807) is 0 Å². The summed E-state index contributed by atoms with van der Waals surface area (Å²) in [6.45, 7) is 8.28. The van der Waals surface area contributed by atoms with E-state index in [2.05, 4.69) is 42.0 Å². The van der Waals surface area contributed by atoms with Crippen LogP contribution < -0.4 is 5.73 Å². The van der Waals surface area contributed by atoms with Gasteiger partial charge in [0, 0.05) is 23.7 Å². The van der Waals surface area contributed by atoms with Gasteiger partial charge in [0.1, 0.15) is 5.82 Å². The number of aromatic nitrogens is 2. The SMILES string of the molecule is Cc1ccc(-c2ccnc(CCC(C)(C)N)n2)c(C)c1. The molecule has 0 unspecified atom stereocenters. The van der Waals surface area contributed by atoms with Crippen molar-refractivity contribution >= 4 is 0 Å². The highest BCUT2D eigenvalue weighted by Crippen LogP contribution is 2.22. The molecule has 0 bridgehead atoms. The van der Waals surface area contributed by atoms with Gasteiger partial charge in [-0.1, -0.05) is 23.8 Å². The highest BCUT2D eigenvalue weighted by Gasteiger charge is 2.12. The highest BCUT2D eigenvalue weighted by atomic mass is 14.9. The van der Waals surface area contributed by atoms with E-state index in [1.807, 2.05) is 26.1 Å². The molecule has 1 heterocycles. The van der Waals surface area contributed by atoms with Crippen LogP contribution in [0.1, 0.15) is 37.2 Å². The second-order valence-electron chi connectivity index (χ2n) is 6.17. The molecule has 20 heavy (non-hydrogen) atoms. The molecule has 3 heteroatoms. The normalized spacial score (nSPS) is 11.7. The first-order chi connectivity index (χ1) is 9.35. The van der Waals surface area contributed by atoms with Crippen molar-refractivity contribution in [2.24, 2.45) is 5.73 Å². The zero-order valence-corrected chi connectivity index (χ0v) is 12.8. The summed E-state index contributed by atoms with van der Waals surface area (Å²) in [5.74, 6) is 0.862. The van der Waals surface area contributed by atoms with Gasteiger partial charge in [0.2, 0.25) is 0 Å². The molecule has 0 fully saturated rings. The fourth-order valence-corrected chi connectivity index (χ4v) is 2.20. The van der Waals surface area contributed by atoms with E-state index in [4.69, 9.17) is 5.73 Å². The summed E-state index contributed by atoms with van der Waals surface area (Å²) in [6.07, 6.45) is 3.52. The summed E-state index contributed by atoms with van der Waals surface area (Å²) >= 11 is 0. The Morgan fingerprint density at radius 2 is 1.90 bits per heavy atom. The fourth-order valence-electron chi connectivity index (χ4n) is 2.20. The molecule has 2 N–H and O–H groups in total. The van der Waals surface area contributed by atoms with Crippen LogP contribution in [-0.2, 0) is 6.42 Å². The van der Waals surface area contributed by atoms with Crippen LogP contribution in [0.4, 0.5) is 0 Å². The van der Waals surface area contributed by atoms with E-state index in [1.165, 1.54) is 16.7 Å². The minimum absolute atomic E-state index is 0.181. The Morgan fingerprint density at radius 3 is 2.55 bits per heavy atom. The molecule has 0 radical (unpaired) electrons. The third-order valence-corrected chi connectivity index (χ3v) is 3.36. The molecular weight excluding hydrogens is 246 g/mol. The standard InChI is InChI=1S/C17H23N3/c1-12-5-6-14(13(2)11-12)15-8-10-19-16(20-15)7-9-17(3,4)18/h5-6,8,10-11H,7,9,18H2,1-4H3. The van der Waals surface area contributed by atoms with Crippen LogP contribution in [0.3, 0.4) is 0 Å². The number of benzene rings is 1. The number of rotatable bonds is 4. The van der Waals surface area contributed by atoms with Crippen molar-refractivity contribution in [3.05, 3.63) is 47.4 Å². The van der Waals surface area contributed by atoms with Crippen LogP contribution in [0.2, 0.25) is 0 Å². The summed E-state index contributed by atoms with van der Waals surface area (Å²) in [6, 6.07) is 8.39. The monoisotopic (exact) mass is 269 g/mol. The van der Waals surface area contributed by atoms with Gasteiger partial charge >= 0.3 is 0 Å². The maximum atomic E-state index is 6.02. The number of nitrogens with zero attached hydrogens (tertiary/aromatic N) is 2. The van der Waals surface area contributed by atoms with Crippen molar-refractivity contribution in [2.45, 2.75) is 46.1 Å². The van der Waals surface area contributed by atoms with Gasteiger partial charge in [0.15, 0.2) is 0 Å². The Hall–Kier alpha value is -1.74. The molecule has 106 valence electrons. The highest BCUT2D eigenvalue weighted by molar-refractivity contribution is 5.63. The third kappa shape index (κ3) is 3.87. The Kier molecular flexibility index (Phi) is 4.19. The van der Waals surface area contributed by atoms with Gasteiger partial charge < -0.3 is 5.73 Å². The first-order valence-corrected chi connectivity index (χ1v) is 7.03. The summed E-state index contributed by atoms with van der Waals surface area (Å²) in [5.41, 5.74) is 10.5. The predicted molar refractivity (Wildman–Crippen MR) is 83.5 cm³/mol. The fraction of sp³-hybridized carbons (Fsp3) is 0.412. The van der Waals surface area contributed by atoms with Gasteiger partial charge in [-0.2, -0.15) is 0 Å². The molecule has 0 saturated heterocycles. The molecule has 3 nitrogen and oxygen atoms in total. The molecule has 1 aromatic carbocycles. The number of aryl methyl sites for hydroxylation is 3. The van der Waals surface area contributed by atoms with Crippen LogP contribution in [0.5, 0.6) is 0 Å². The predicted octanol–water partition coefficient (Wildman–Crippen LogP) is 3.43. The van der Waals surface area contributed by atoms with E-state index in [-0.39, 0.29) is 5.54 Å². The molecule has 0 spiro atoms. The lowest BCUT2D eigenvalue weighted by Gasteiger charge is -2.17. The van der Waals surface area contributed by atoms with E-state index < -0.39 is 0 Å². The first kappa shape index (κ1) is 14.7. The Labute approximate surface area is 121 Å². The largest absolute Gasteiger partial charge is 0.326 e. The zero-order chi connectivity index (χ0) is 14.8. The molecule has 0 aliphatic heterocycles. The lowest BCUT2D eigenvalue weighted by molar-refractivity contribution is 0.471. The smallest absolute Gasteiger partial charge is 0.129 e. The van der Waals surface area contributed by atoms with Gasteiger partial charge in [0.25, 0.3) is 0 Å². The van der Waals surface area contributed by atoms with Gasteiger partial charge in [-0.15, -0.1) is 0 Å². The topological polar surface area (TPSA) is 51.8 Å². The molecule has 0 atom stereocenters. The van der Waals surface area contributed by atoms with Crippen LogP contribution in [0, 0.1) is 13.8 Å². The molecule has 0 saturated carbocycles. The molecule has 0 aliphatic carbocycles. The summed E-state index contributed by atoms with van der Waals surface area (Å²) in [5, 5.41) is 0. The first-order valence-electron chi connectivity index (χ1n) is 7.03. The lowest BCUT2D eigenvalue weighted by atomic mass is 9.99. The molecular formula is C17H23N3.